The standard InChI is InChI=1S/C12H11ClN2S/c1-8-6-10(14)7-15-12(8)16-11-4-2-9(13)3-5-11/h2-7H,14H2,1H3. The van der Waals surface area contributed by atoms with Gasteiger partial charge in [0.25, 0.3) is 0 Å². The normalized spacial score (nSPS) is 10.4. The molecule has 1 heterocycles. The van der Waals surface area contributed by atoms with Gasteiger partial charge < -0.3 is 5.73 Å². The number of aryl methyl sites for hydroxylation is 1. The summed E-state index contributed by atoms with van der Waals surface area (Å²) in [6, 6.07) is 9.62. The lowest BCUT2D eigenvalue weighted by molar-refractivity contribution is 1.08. The van der Waals surface area contributed by atoms with Crippen molar-refractivity contribution in [3.05, 3.63) is 47.1 Å². The molecular weight excluding hydrogens is 240 g/mol. The van der Waals surface area contributed by atoms with Gasteiger partial charge in [0, 0.05) is 9.92 Å². The summed E-state index contributed by atoms with van der Waals surface area (Å²) >= 11 is 7.43. The van der Waals surface area contributed by atoms with Crippen LogP contribution in [0, 0.1) is 6.92 Å². The Morgan fingerprint density at radius 1 is 1.25 bits per heavy atom. The van der Waals surface area contributed by atoms with E-state index in [2.05, 4.69) is 4.98 Å². The van der Waals surface area contributed by atoms with Crippen molar-refractivity contribution in [2.45, 2.75) is 16.8 Å². The molecule has 0 amide bonds. The molecule has 0 saturated heterocycles. The van der Waals surface area contributed by atoms with Gasteiger partial charge in [-0.05, 0) is 42.8 Å². The van der Waals surface area contributed by atoms with Crippen LogP contribution in [-0.2, 0) is 0 Å². The summed E-state index contributed by atoms with van der Waals surface area (Å²) in [4.78, 5) is 5.42. The maximum atomic E-state index is 5.83. The van der Waals surface area contributed by atoms with Crippen molar-refractivity contribution >= 4 is 29.1 Å². The molecule has 0 unspecified atom stereocenters. The van der Waals surface area contributed by atoms with Crippen molar-refractivity contribution < 1.29 is 0 Å². The molecule has 1 aromatic heterocycles. The zero-order chi connectivity index (χ0) is 11.5. The van der Waals surface area contributed by atoms with Crippen molar-refractivity contribution in [2.75, 3.05) is 5.73 Å². The summed E-state index contributed by atoms with van der Waals surface area (Å²) in [5.41, 5.74) is 7.43. The molecule has 4 heteroatoms. The quantitative estimate of drug-likeness (QED) is 0.882. The van der Waals surface area contributed by atoms with Gasteiger partial charge in [0.15, 0.2) is 0 Å². The van der Waals surface area contributed by atoms with Gasteiger partial charge >= 0.3 is 0 Å². The summed E-state index contributed by atoms with van der Waals surface area (Å²) in [6.45, 7) is 2.00. The Kier molecular flexibility index (Phi) is 3.36. The van der Waals surface area contributed by atoms with E-state index in [0.717, 1.165) is 20.5 Å². The Morgan fingerprint density at radius 2 is 1.94 bits per heavy atom. The highest BCUT2D eigenvalue weighted by molar-refractivity contribution is 7.99. The molecule has 0 aliphatic heterocycles. The van der Waals surface area contributed by atoms with Crippen LogP contribution in [0.2, 0.25) is 5.02 Å². The third-order valence-electron chi connectivity index (χ3n) is 2.08. The van der Waals surface area contributed by atoms with Gasteiger partial charge in [-0.1, -0.05) is 23.4 Å². The third kappa shape index (κ3) is 2.68. The number of anilines is 1. The SMILES string of the molecule is Cc1cc(N)cnc1Sc1ccc(Cl)cc1. The molecular formula is C12H11ClN2S. The van der Waals surface area contributed by atoms with E-state index in [1.165, 1.54) is 0 Å². The molecule has 1 aromatic carbocycles. The molecule has 0 atom stereocenters. The van der Waals surface area contributed by atoms with E-state index in [1.54, 1.807) is 18.0 Å². The largest absolute Gasteiger partial charge is 0.397 e. The van der Waals surface area contributed by atoms with Gasteiger partial charge in [-0.2, -0.15) is 0 Å². The molecule has 0 fully saturated rings. The Balaban J connectivity index is 2.23. The summed E-state index contributed by atoms with van der Waals surface area (Å²) in [7, 11) is 0. The highest BCUT2D eigenvalue weighted by atomic mass is 35.5. The van der Waals surface area contributed by atoms with Gasteiger partial charge in [0.1, 0.15) is 5.03 Å². The van der Waals surface area contributed by atoms with E-state index in [9.17, 15) is 0 Å². The Hall–Kier alpha value is -1.19. The first-order chi connectivity index (χ1) is 7.65. The van der Waals surface area contributed by atoms with Crippen LogP contribution >= 0.6 is 23.4 Å². The first kappa shape index (κ1) is 11.3. The van der Waals surface area contributed by atoms with Crippen LogP contribution in [0.4, 0.5) is 5.69 Å². The van der Waals surface area contributed by atoms with Crippen molar-refractivity contribution in [3.63, 3.8) is 0 Å². The topological polar surface area (TPSA) is 38.9 Å². The van der Waals surface area contributed by atoms with Crippen LogP contribution in [0.5, 0.6) is 0 Å². The molecule has 82 valence electrons. The average Bonchev–Trinajstić information content (AvgIpc) is 2.25. The maximum absolute atomic E-state index is 5.83. The van der Waals surface area contributed by atoms with Crippen LogP contribution in [0.15, 0.2) is 46.5 Å². The van der Waals surface area contributed by atoms with E-state index in [-0.39, 0.29) is 0 Å². The van der Waals surface area contributed by atoms with E-state index in [4.69, 9.17) is 17.3 Å². The molecule has 0 aliphatic rings. The van der Waals surface area contributed by atoms with Crippen molar-refractivity contribution in [3.8, 4) is 0 Å². The second kappa shape index (κ2) is 4.76. The lowest BCUT2D eigenvalue weighted by Gasteiger charge is -2.05. The lowest BCUT2D eigenvalue weighted by Crippen LogP contribution is -1.90. The smallest absolute Gasteiger partial charge is 0.104 e. The molecule has 2 rings (SSSR count). The van der Waals surface area contributed by atoms with Crippen molar-refractivity contribution in [1.29, 1.82) is 0 Å². The second-order valence-electron chi connectivity index (χ2n) is 3.45. The molecule has 2 N–H and O–H groups in total. The highest BCUT2D eigenvalue weighted by Crippen LogP contribution is 2.29. The maximum Gasteiger partial charge on any atom is 0.104 e. The lowest BCUT2D eigenvalue weighted by atomic mass is 10.3. The monoisotopic (exact) mass is 250 g/mol. The fourth-order valence-corrected chi connectivity index (χ4v) is 2.25. The number of nitrogen functional groups attached to an aromatic ring is 1. The van der Waals surface area contributed by atoms with Crippen LogP contribution in [0.25, 0.3) is 0 Å². The fourth-order valence-electron chi connectivity index (χ4n) is 1.31. The van der Waals surface area contributed by atoms with Gasteiger partial charge in [-0.15, -0.1) is 0 Å². The highest BCUT2D eigenvalue weighted by Gasteiger charge is 2.03. The van der Waals surface area contributed by atoms with Crippen LogP contribution < -0.4 is 5.73 Å². The molecule has 0 aliphatic carbocycles. The number of hydrogen-bond donors (Lipinski definition) is 1. The first-order valence-electron chi connectivity index (χ1n) is 4.81. The number of aromatic nitrogens is 1. The van der Waals surface area contributed by atoms with Gasteiger partial charge in [-0.25, -0.2) is 4.98 Å². The van der Waals surface area contributed by atoms with Crippen LogP contribution in [-0.4, -0.2) is 4.98 Å². The molecule has 0 saturated carbocycles. The number of hydrogen-bond acceptors (Lipinski definition) is 3. The molecule has 2 aromatic rings. The first-order valence-corrected chi connectivity index (χ1v) is 6.00. The zero-order valence-corrected chi connectivity index (χ0v) is 10.3. The van der Waals surface area contributed by atoms with Crippen LogP contribution in [0.3, 0.4) is 0 Å². The molecule has 0 spiro atoms. The molecule has 16 heavy (non-hydrogen) atoms. The van der Waals surface area contributed by atoms with E-state index >= 15 is 0 Å². The summed E-state index contributed by atoms with van der Waals surface area (Å²) < 4.78 is 0. The minimum Gasteiger partial charge on any atom is -0.397 e. The Morgan fingerprint density at radius 3 is 2.56 bits per heavy atom. The number of benzene rings is 1. The summed E-state index contributed by atoms with van der Waals surface area (Å²) in [5, 5.41) is 1.71. The second-order valence-corrected chi connectivity index (χ2v) is 4.95. The summed E-state index contributed by atoms with van der Waals surface area (Å²) in [6.07, 6.45) is 1.67. The number of rotatable bonds is 2. The van der Waals surface area contributed by atoms with Gasteiger partial charge in [0.2, 0.25) is 0 Å². The Labute approximate surface area is 104 Å². The number of nitrogens with zero attached hydrogens (tertiary/aromatic N) is 1. The van der Waals surface area contributed by atoms with Gasteiger partial charge in [0.05, 0.1) is 11.9 Å². The molecule has 0 bridgehead atoms. The van der Waals surface area contributed by atoms with E-state index in [0.29, 0.717) is 5.69 Å². The number of pyridine rings is 1. The average molecular weight is 251 g/mol. The minimum absolute atomic E-state index is 0.693. The predicted molar refractivity (Wildman–Crippen MR) is 69.0 cm³/mol. The van der Waals surface area contributed by atoms with Gasteiger partial charge in [-0.3, -0.25) is 0 Å². The minimum atomic E-state index is 0.693. The Bertz CT molecular complexity index is 497. The molecule has 0 radical (unpaired) electrons. The number of halogens is 1. The van der Waals surface area contributed by atoms with Crippen LogP contribution in [0.1, 0.15) is 5.56 Å². The predicted octanol–water partition coefficient (Wildman–Crippen LogP) is 3.78. The van der Waals surface area contributed by atoms with Crippen molar-refractivity contribution in [2.24, 2.45) is 0 Å². The zero-order valence-electron chi connectivity index (χ0n) is 8.77. The summed E-state index contributed by atoms with van der Waals surface area (Å²) in [5.74, 6) is 0. The van der Waals surface area contributed by atoms with E-state index < -0.39 is 0 Å². The fraction of sp³-hybridized carbons (Fsp3) is 0.0833. The third-order valence-corrected chi connectivity index (χ3v) is 3.46. The number of nitrogens with two attached hydrogens (primary N) is 1. The van der Waals surface area contributed by atoms with Crippen molar-refractivity contribution in [1.82, 2.24) is 4.98 Å². The van der Waals surface area contributed by atoms with E-state index in [1.807, 2.05) is 37.3 Å². The molecule has 2 nitrogen and oxygen atoms in total.